The zero-order valence-electron chi connectivity index (χ0n) is 14.2. The summed E-state index contributed by atoms with van der Waals surface area (Å²) >= 11 is 1.90. The van der Waals surface area contributed by atoms with Gasteiger partial charge in [-0.25, -0.2) is 4.98 Å². The van der Waals surface area contributed by atoms with Crippen molar-refractivity contribution in [2.75, 3.05) is 13.1 Å². The molecule has 6 heteroatoms. The van der Waals surface area contributed by atoms with Crippen LogP contribution in [0, 0.1) is 0 Å². The zero-order valence-corrected chi connectivity index (χ0v) is 15.0. The van der Waals surface area contributed by atoms with Crippen LogP contribution in [0.3, 0.4) is 0 Å². The van der Waals surface area contributed by atoms with Crippen LogP contribution in [-0.4, -0.2) is 38.7 Å². The van der Waals surface area contributed by atoms with Crippen LogP contribution in [0.2, 0.25) is 0 Å². The van der Waals surface area contributed by atoms with Gasteiger partial charge in [0, 0.05) is 37.1 Å². The van der Waals surface area contributed by atoms with Crippen molar-refractivity contribution in [3.63, 3.8) is 0 Å². The highest BCUT2D eigenvalue weighted by Gasteiger charge is 2.28. The summed E-state index contributed by atoms with van der Waals surface area (Å²) in [7, 11) is 1.88. The van der Waals surface area contributed by atoms with Crippen molar-refractivity contribution in [1.29, 1.82) is 0 Å². The number of thiazole rings is 1. The predicted octanol–water partition coefficient (Wildman–Crippen LogP) is 2.70. The Labute approximate surface area is 146 Å². The van der Waals surface area contributed by atoms with Crippen LogP contribution < -0.4 is 0 Å². The molecular weight excluding hydrogens is 320 g/mol. The lowest BCUT2D eigenvalue weighted by molar-refractivity contribution is -0.131. The van der Waals surface area contributed by atoms with E-state index in [2.05, 4.69) is 5.10 Å². The molecule has 24 heavy (non-hydrogen) atoms. The second kappa shape index (κ2) is 6.67. The molecule has 3 heterocycles. The Morgan fingerprint density at radius 2 is 2.21 bits per heavy atom. The Morgan fingerprint density at radius 1 is 1.33 bits per heavy atom. The van der Waals surface area contributed by atoms with E-state index in [0.29, 0.717) is 12.3 Å². The summed E-state index contributed by atoms with van der Waals surface area (Å²) in [6, 6.07) is 0. The van der Waals surface area contributed by atoms with Gasteiger partial charge in [-0.1, -0.05) is 0 Å². The number of carbonyl (C=O) groups excluding carboxylic acids is 1. The number of amides is 1. The monoisotopic (exact) mass is 344 g/mol. The maximum absolute atomic E-state index is 12.6. The van der Waals surface area contributed by atoms with Crippen LogP contribution in [0.15, 0.2) is 12.4 Å². The molecule has 4 rings (SSSR count). The molecule has 0 spiro atoms. The Bertz CT molecular complexity index is 712. The first-order valence-corrected chi connectivity index (χ1v) is 9.74. The molecule has 1 saturated heterocycles. The van der Waals surface area contributed by atoms with E-state index in [-0.39, 0.29) is 5.91 Å². The first-order valence-electron chi connectivity index (χ1n) is 8.93. The Hall–Kier alpha value is -1.69. The van der Waals surface area contributed by atoms with E-state index in [0.717, 1.165) is 37.9 Å². The SMILES string of the molecule is Cn1cc(CC(=O)N2CCCC(c3nc4c(s3)CCCC4)C2)cn1. The molecule has 0 saturated carbocycles. The zero-order chi connectivity index (χ0) is 16.5. The first-order chi connectivity index (χ1) is 11.7. The molecule has 2 aromatic rings. The average molecular weight is 344 g/mol. The summed E-state index contributed by atoms with van der Waals surface area (Å²) in [6.45, 7) is 1.70. The van der Waals surface area contributed by atoms with Gasteiger partial charge in [-0.3, -0.25) is 9.48 Å². The van der Waals surface area contributed by atoms with Gasteiger partial charge < -0.3 is 4.90 Å². The third-order valence-electron chi connectivity index (χ3n) is 5.10. The number of fused-ring (bicyclic) bond motifs is 1. The summed E-state index contributed by atoms with van der Waals surface area (Å²) in [5, 5.41) is 5.42. The number of hydrogen-bond donors (Lipinski definition) is 0. The van der Waals surface area contributed by atoms with E-state index < -0.39 is 0 Å². The van der Waals surface area contributed by atoms with Crippen molar-refractivity contribution in [2.24, 2.45) is 7.05 Å². The summed E-state index contributed by atoms with van der Waals surface area (Å²) in [4.78, 5) is 21.1. The van der Waals surface area contributed by atoms with Crippen molar-refractivity contribution in [3.8, 4) is 0 Å². The van der Waals surface area contributed by atoms with Gasteiger partial charge in [-0.05, 0) is 44.1 Å². The summed E-state index contributed by atoms with van der Waals surface area (Å²) in [5.41, 5.74) is 2.33. The molecule has 1 aliphatic carbocycles. The first kappa shape index (κ1) is 15.8. The Balaban J connectivity index is 1.43. The molecule has 5 nitrogen and oxygen atoms in total. The number of aromatic nitrogens is 3. The molecule has 2 aromatic heterocycles. The van der Waals surface area contributed by atoms with Crippen LogP contribution in [0.5, 0.6) is 0 Å². The minimum Gasteiger partial charge on any atom is -0.342 e. The number of aryl methyl sites for hydroxylation is 3. The molecule has 1 atom stereocenters. The largest absolute Gasteiger partial charge is 0.342 e. The number of likely N-dealkylation sites (tertiary alicyclic amines) is 1. The lowest BCUT2D eigenvalue weighted by atomic mass is 9.98. The predicted molar refractivity (Wildman–Crippen MR) is 94.2 cm³/mol. The standard InChI is InChI=1S/C18H24N4OS/c1-21-11-13(10-19-21)9-17(23)22-8-4-5-14(12-22)18-20-15-6-2-3-7-16(15)24-18/h10-11,14H,2-9,12H2,1H3. The van der Waals surface area contributed by atoms with Gasteiger partial charge in [0.05, 0.1) is 23.3 Å². The lowest BCUT2D eigenvalue weighted by Crippen LogP contribution is -2.39. The second-order valence-electron chi connectivity index (χ2n) is 7.01. The van der Waals surface area contributed by atoms with Crippen LogP contribution in [0.25, 0.3) is 0 Å². The topological polar surface area (TPSA) is 51.0 Å². The molecule has 128 valence electrons. The number of carbonyl (C=O) groups is 1. The van der Waals surface area contributed by atoms with E-state index in [1.165, 1.54) is 34.8 Å². The lowest BCUT2D eigenvalue weighted by Gasteiger charge is -2.31. The smallest absolute Gasteiger partial charge is 0.227 e. The van der Waals surface area contributed by atoms with Gasteiger partial charge in [0.2, 0.25) is 5.91 Å². The summed E-state index contributed by atoms with van der Waals surface area (Å²) in [5.74, 6) is 0.640. The average Bonchev–Trinajstić information content (AvgIpc) is 3.21. The Kier molecular flexibility index (Phi) is 4.39. The summed E-state index contributed by atoms with van der Waals surface area (Å²) < 4.78 is 1.75. The molecular formula is C18H24N4OS. The minimum atomic E-state index is 0.217. The highest BCUT2D eigenvalue weighted by atomic mass is 32.1. The van der Waals surface area contributed by atoms with Crippen molar-refractivity contribution in [3.05, 3.63) is 33.5 Å². The van der Waals surface area contributed by atoms with Crippen molar-refractivity contribution >= 4 is 17.2 Å². The van der Waals surface area contributed by atoms with Crippen LogP contribution >= 0.6 is 11.3 Å². The maximum atomic E-state index is 12.6. The molecule has 1 aliphatic heterocycles. The fourth-order valence-corrected chi connectivity index (χ4v) is 5.08. The van der Waals surface area contributed by atoms with Crippen molar-refractivity contribution < 1.29 is 4.79 Å². The normalized spacial score (nSPS) is 20.9. The fourth-order valence-electron chi connectivity index (χ4n) is 3.80. The number of piperidine rings is 1. The van der Waals surface area contributed by atoms with E-state index in [9.17, 15) is 4.79 Å². The Morgan fingerprint density at radius 3 is 3.00 bits per heavy atom. The number of hydrogen-bond acceptors (Lipinski definition) is 4. The summed E-state index contributed by atoms with van der Waals surface area (Å²) in [6.07, 6.45) is 11.3. The van der Waals surface area contributed by atoms with E-state index in [1.807, 2.05) is 29.5 Å². The van der Waals surface area contributed by atoms with Gasteiger partial charge in [-0.2, -0.15) is 5.10 Å². The molecule has 1 amide bonds. The van der Waals surface area contributed by atoms with Crippen LogP contribution in [0.4, 0.5) is 0 Å². The van der Waals surface area contributed by atoms with Gasteiger partial charge in [0.15, 0.2) is 0 Å². The fraction of sp³-hybridized carbons (Fsp3) is 0.611. The van der Waals surface area contributed by atoms with Gasteiger partial charge in [0.1, 0.15) is 0 Å². The molecule has 1 unspecified atom stereocenters. The highest BCUT2D eigenvalue weighted by Crippen LogP contribution is 2.34. The van der Waals surface area contributed by atoms with Gasteiger partial charge in [0.25, 0.3) is 0 Å². The molecule has 0 aromatic carbocycles. The van der Waals surface area contributed by atoms with E-state index in [1.54, 1.807) is 10.9 Å². The number of nitrogens with zero attached hydrogens (tertiary/aromatic N) is 4. The van der Waals surface area contributed by atoms with Crippen molar-refractivity contribution in [1.82, 2.24) is 19.7 Å². The molecule has 2 aliphatic rings. The molecule has 0 N–H and O–H groups in total. The number of rotatable bonds is 3. The van der Waals surface area contributed by atoms with Crippen LogP contribution in [0.1, 0.15) is 52.7 Å². The highest BCUT2D eigenvalue weighted by molar-refractivity contribution is 7.11. The quantitative estimate of drug-likeness (QED) is 0.860. The maximum Gasteiger partial charge on any atom is 0.227 e. The third kappa shape index (κ3) is 3.24. The molecule has 1 fully saturated rings. The van der Waals surface area contributed by atoms with Crippen molar-refractivity contribution in [2.45, 2.75) is 50.9 Å². The van der Waals surface area contributed by atoms with E-state index in [4.69, 9.17) is 4.98 Å². The van der Waals surface area contributed by atoms with Gasteiger partial charge >= 0.3 is 0 Å². The van der Waals surface area contributed by atoms with Crippen LogP contribution in [-0.2, 0) is 31.1 Å². The van der Waals surface area contributed by atoms with E-state index >= 15 is 0 Å². The molecule has 0 radical (unpaired) electrons. The third-order valence-corrected chi connectivity index (χ3v) is 6.42. The minimum absolute atomic E-state index is 0.217. The molecule has 0 bridgehead atoms. The second-order valence-corrected chi connectivity index (χ2v) is 8.12. The van der Waals surface area contributed by atoms with Gasteiger partial charge in [-0.15, -0.1) is 11.3 Å².